The van der Waals surface area contributed by atoms with E-state index >= 15 is 0 Å². The third-order valence-electron chi connectivity index (χ3n) is 4.13. The topological polar surface area (TPSA) is 61.4 Å². The lowest BCUT2D eigenvalue weighted by Gasteiger charge is -2.36. The first-order valence-electron chi connectivity index (χ1n) is 7.14. The van der Waals surface area contributed by atoms with Crippen LogP contribution in [0.4, 0.5) is 0 Å². The van der Waals surface area contributed by atoms with Gasteiger partial charge in [-0.15, -0.1) is 0 Å². The van der Waals surface area contributed by atoms with Crippen LogP contribution in [0.2, 0.25) is 0 Å². The summed E-state index contributed by atoms with van der Waals surface area (Å²) in [5.41, 5.74) is -0.226. The summed E-state index contributed by atoms with van der Waals surface area (Å²) >= 11 is 0. The zero-order valence-corrected chi connectivity index (χ0v) is 12.0. The lowest BCUT2D eigenvalue weighted by atomic mass is 9.82. The molecule has 1 fully saturated rings. The molecule has 18 heavy (non-hydrogen) atoms. The molecule has 0 saturated heterocycles. The predicted octanol–water partition coefficient (Wildman–Crippen LogP) is 1.43. The minimum Gasteiger partial charge on any atom is -0.394 e. The SMILES string of the molecule is CC(C)C(C)NC(=O)CNC1(CO)CCCCC1. The molecule has 1 amide bonds. The van der Waals surface area contributed by atoms with Gasteiger partial charge in [0.2, 0.25) is 5.91 Å². The molecule has 1 aliphatic rings. The maximum absolute atomic E-state index is 11.8. The van der Waals surface area contributed by atoms with Crippen molar-refractivity contribution in [3.63, 3.8) is 0 Å². The van der Waals surface area contributed by atoms with Gasteiger partial charge in [0, 0.05) is 11.6 Å². The standard InChI is InChI=1S/C14H28N2O2/c1-11(2)12(3)16-13(18)9-15-14(10-17)7-5-4-6-8-14/h11-12,15,17H,4-10H2,1-3H3,(H,16,18). The van der Waals surface area contributed by atoms with E-state index in [0.29, 0.717) is 12.5 Å². The van der Waals surface area contributed by atoms with Gasteiger partial charge in [-0.1, -0.05) is 33.1 Å². The molecule has 0 aromatic heterocycles. The van der Waals surface area contributed by atoms with Crippen molar-refractivity contribution in [1.82, 2.24) is 10.6 Å². The minimum atomic E-state index is -0.226. The third kappa shape index (κ3) is 4.58. The summed E-state index contributed by atoms with van der Waals surface area (Å²) in [6.07, 6.45) is 5.45. The fourth-order valence-electron chi connectivity index (χ4n) is 2.36. The van der Waals surface area contributed by atoms with Gasteiger partial charge in [-0.3, -0.25) is 4.79 Å². The number of nitrogens with one attached hydrogen (secondary N) is 2. The molecule has 0 aromatic carbocycles. The van der Waals surface area contributed by atoms with E-state index in [1.165, 1.54) is 6.42 Å². The second-order valence-electron chi connectivity index (χ2n) is 5.95. The van der Waals surface area contributed by atoms with Gasteiger partial charge in [0.25, 0.3) is 0 Å². The van der Waals surface area contributed by atoms with Crippen molar-refractivity contribution in [3.8, 4) is 0 Å². The van der Waals surface area contributed by atoms with Crippen LogP contribution in [0.25, 0.3) is 0 Å². The third-order valence-corrected chi connectivity index (χ3v) is 4.13. The Morgan fingerprint density at radius 2 is 1.83 bits per heavy atom. The summed E-state index contributed by atoms with van der Waals surface area (Å²) in [6, 6.07) is 0.190. The minimum absolute atomic E-state index is 0.0228. The summed E-state index contributed by atoms with van der Waals surface area (Å²) in [4.78, 5) is 11.8. The molecule has 3 N–H and O–H groups in total. The lowest BCUT2D eigenvalue weighted by molar-refractivity contribution is -0.121. The van der Waals surface area contributed by atoms with E-state index in [9.17, 15) is 9.90 Å². The summed E-state index contributed by atoms with van der Waals surface area (Å²) < 4.78 is 0. The maximum atomic E-state index is 11.8. The number of carbonyl (C=O) groups is 1. The first-order valence-corrected chi connectivity index (χ1v) is 7.14. The van der Waals surface area contributed by atoms with Crippen LogP contribution in [0.15, 0.2) is 0 Å². The highest BCUT2D eigenvalue weighted by molar-refractivity contribution is 5.78. The molecule has 4 nitrogen and oxygen atoms in total. The van der Waals surface area contributed by atoms with Crippen LogP contribution in [0.3, 0.4) is 0 Å². The summed E-state index contributed by atoms with van der Waals surface area (Å²) in [5.74, 6) is 0.463. The van der Waals surface area contributed by atoms with Crippen LogP contribution in [0.5, 0.6) is 0 Å². The van der Waals surface area contributed by atoms with Gasteiger partial charge in [0.05, 0.1) is 13.2 Å². The average Bonchev–Trinajstić information content (AvgIpc) is 2.37. The fourth-order valence-corrected chi connectivity index (χ4v) is 2.36. The van der Waals surface area contributed by atoms with E-state index in [2.05, 4.69) is 24.5 Å². The molecular formula is C14H28N2O2. The van der Waals surface area contributed by atoms with Gasteiger partial charge in [0.15, 0.2) is 0 Å². The molecule has 1 saturated carbocycles. The molecule has 0 aliphatic heterocycles. The van der Waals surface area contributed by atoms with E-state index in [0.717, 1.165) is 25.7 Å². The van der Waals surface area contributed by atoms with Crippen molar-refractivity contribution in [2.24, 2.45) is 5.92 Å². The molecule has 0 aromatic rings. The highest BCUT2D eigenvalue weighted by Gasteiger charge is 2.31. The second-order valence-corrected chi connectivity index (χ2v) is 5.95. The molecule has 4 heteroatoms. The average molecular weight is 256 g/mol. The Labute approximate surface area is 111 Å². The molecule has 106 valence electrons. The molecule has 1 unspecified atom stereocenters. The van der Waals surface area contributed by atoms with Crippen LogP contribution >= 0.6 is 0 Å². The maximum Gasteiger partial charge on any atom is 0.234 e. The number of hydrogen-bond donors (Lipinski definition) is 3. The Kier molecular flexibility index (Phi) is 6.09. The molecular weight excluding hydrogens is 228 g/mol. The van der Waals surface area contributed by atoms with Crippen molar-refractivity contribution in [1.29, 1.82) is 0 Å². The van der Waals surface area contributed by atoms with Gasteiger partial charge in [-0.25, -0.2) is 0 Å². The lowest BCUT2D eigenvalue weighted by Crippen LogP contribution is -2.53. The van der Waals surface area contributed by atoms with E-state index in [1.807, 2.05) is 6.92 Å². The van der Waals surface area contributed by atoms with Crippen LogP contribution in [-0.4, -0.2) is 35.7 Å². The van der Waals surface area contributed by atoms with Crippen molar-refractivity contribution in [2.45, 2.75) is 64.5 Å². The zero-order chi connectivity index (χ0) is 13.6. The van der Waals surface area contributed by atoms with Crippen LogP contribution in [-0.2, 0) is 4.79 Å². The molecule has 1 aliphatic carbocycles. The van der Waals surface area contributed by atoms with Crippen molar-refractivity contribution < 1.29 is 9.90 Å². The first-order chi connectivity index (χ1) is 8.49. The number of aliphatic hydroxyl groups is 1. The summed E-state index contributed by atoms with van der Waals surface area (Å²) in [7, 11) is 0. The van der Waals surface area contributed by atoms with Gasteiger partial charge >= 0.3 is 0 Å². The van der Waals surface area contributed by atoms with Crippen LogP contribution < -0.4 is 10.6 Å². The normalized spacial score (nSPS) is 20.7. The molecule has 1 atom stereocenters. The van der Waals surface area contributed by atoms with Gasteiger partial charge in [-0.2, -0.15) is 0 Å². The largest absolute Gasteiger partial charge is 0.394 e. The van der Waals surface area contributed by atoms with Crippen molar-refractivity contribution in [2.75, 3.05) is 13.2 Å². The van der Waals surface area contributed by atoms with E-state index in [4.69, 9.17) is 0 Å². The Balaban J connectivity index is 2.36. The second kappa shape index (κ2) is 7.10. The van der Waals surface area contributed by atoms with Gasteiger partial charge in [0.1, 0.15) is 0 Å². The summed E-state index contributed by atoms with van der Waals surface area (Å²) in [6.45, 7) is 6.63. The Hall–Kier alpha value is -0.610. The van der Waals surface area contributed by atoms with Crippen LogP contribution in [0.1, 0.15) is 52.9 Å². The molecule has 1 rings (SSSR count). The van der Waals surface area contributed by atoms with Crippen molar-refractivity contribution >= 4 is 5.91 Å². The number of carbonyl (C=O) groups excluding carboxylic acids is 1. The fraction of sp³-hybridized carbons (Fsp3) is 0.929. The summed E-state index contributed by atoms with van der Waals surface area (Å²) in [5, 5.41) is 15.8. The molecule has 0 radical (unpaired) electrons. The van der Waals surface area contributed by atoms with E-state index in [1.54, 1.807) is 0 Å². The van der Waals surface area contributed by atoms with Crippen LogP contribution in [0, 0.1) is 5.92 Å². The number of amides is 1. The van der Waals surface area contributed by atoms with E-state index < -0.39 is 0 Å². The quantitative estimate of drug-likeness (QED) is 0.674. The monoisotopic (exact) mass is 256 g/mol. The zero-order valence-electron chi connectivity index (χ0n) is 12.0. The molecule has 0 bridgehead atoms. The van der Waals surface area contributed by atoms with Gasteiger partial charge in [-0.05, 0) is 25.7 Å². The Bertz CT molecular complexity index is 261. The smallest absolute Gasteiger partial charge is 0.234 e. The van der Waals surface area contributed by atoms with E-state index in [-0.39, 0.29) is 24.1 Å². The first kappa shape index (κ1) is 15.4. The highest BCUT2D eigenvalue weighted by Crippen LogP contribution is 2.27. The van der Waals surface area contributed by atoms with Crippen molar-refractivity contribution in [3.05, 3.63) is 0 Å². The number of aliphatic hydroxyl groups excluding tert-OH is 1. The molecule has 0 spiro atoms. The number of hydrogen-bond acceptors (Lipinski definition) is 3. The highest BCUT2D eigenvalue weighted by atomic mass is 16.3. The Morgan fingerprint density at radius 3 is 2.33 bits per heavy atom. The number of rotatable bonds is 6. The predicted molar refractivity (Wildman–Crippen MR) is 73.3 cm³/mol. The van der Waals surface area contributed by atoms with Gasteiger partial charge < -0.3 is 15.7 Å². The Morgan fingerprint density at radius 1 is 1.22 bits per heavy atom. The molecule has 0 heterocycles.